The van der Waals surface area contributed by atoms with Crippen LogP contribution in [0.25, 0.3) is 0 Å². The molecule has 0 spiro atoms. The van der Waals surface area contributed by atoms with Crippen LogP contribution < -0.4 is 9.62 Å². The van der Waals surface area contributed by atoms with Crippen LogP contribution in [-0.2, 0) is 32.6 Å². The molecule has 0 aliphatic heterocycles. The number of halogens is 2. The summed E-state index contributed by atoms with van der Waals surface area (Å²) in [6, 6.07) is 20.6. The van der Waals surface area contributed by atoms with Crippen molar-refractivity contribution in [2.45, 2.75) is 57.7 Å². The first-order chi connectivity index (χ1) is 19.5. The van der Waals surface area contributed by atoms with Crippen LogP contribution in [0.15, 0.2) is 72.8 Å². The standard InChI is InChI=1S/C31H35Cl2N3O4S/c1-22-12-15-26(33)19-28(22)36(41(2,39)40)21-30(37)35(20-24-13-16-25(32)17-14-24)29(18-23-8-4-3-5-9-23)31(38)34-27-10-6-7-11-27/h3-5,8-9,12-17,19,27,29H,6-7,10-11,18,20-21H2,1-2H3,(H,34,38). The maximum atomic E-state index is 14.2. The van der Waals surface area contributed by atoms with Crippen LogP contribution in [0.2, 0.25) is 10.0 Å². The summed E-state index contributed by atoms with van der Waals surface area (Å²) >= 11 is 12.3. The Labute approximate surface area is 252 Å². The highest BCUT2D eigenvalue weighted by Crippen LogP contribution is 2.27. The third-order valence-electron chi connectivity index (χ3n) is 7.36. The molecule has 3 aromatic rings. The SMILES string of the molecule is Cc1ccc(Cl)cc1N(CC(=O)N(Cc1ccc(Cl)cc1)C(Cc1ccccc1)C(=O)NC1CCCC1)S(C)(=O)=O. The molecule has 218 valence electrons. The van der Waals surface area contributed by atoms with Crippen molar-refractivity contribution >= 4 is 50.7 Å². The lowest BCUT2D eigenvalue weighted by Gasteiger charge is -2.34. The Hall–Kier alpha value is -3.07. The fraction of sp³-hybridized carbons (Fsp3) is 0.355. The monoisotopic (exact) mass is 615 g/mol. The number of sulfonamides is 1. The van der Waals surface area contributed by atoms with Gasteiger partial charge in [0, 0.05) is 29.1 Å². The number of carbonyl (C=O) groups excluding carboxylic acids is 2. The van der Waals surface area contributed by atoms with Crippen LogP contribution >= 0.6 is 23.2 Å². The van der Waals surface area contributed by atoms with E-state index in [2.05, 4.69) is 5.32 Å². The minimum Gasteiger partial charge on any atom is -0.352 e. The fourth-order valence-electron chi connectivity index (χ4n) is 5.15. The minimum absolute atomic E-state index is 0.0508. The Morgan fingerprint density at radius 3 is 2.20 bits per heavy atom. The molecule has 41 heavy (non-hydrogen) atoms. The van der Waals surface area contributed by atoms with E-state index in [1.807, 2.05) is 30.3 Å². The van der Waals surface area contributed by atoms with Crippen molar-refractivity contribution in [2.24, 2.45) is 0 Å². The van der Waals surface area contributed by atoms with Gasteiger partial charge in [-0.2, -0.15) is 0 Å². The highest BCUT2D eigenvalue weighted by molar-refractivity contribution is 7.92. The van der Waals surface area contributed by atoms with Crippen LogP contribution in [0, 0.1) is 6.92 Å². The zero-order valence-electron chi connectivity index (χ0n) is 23.2. The van der Waals surface area contributed by atoms with Gasteiger partial charge in [-0.1, -0.05) is 84.6 Å². The largest absolute Gasteiger partial charge is 0.352 e. The van der Waals surface area contributed by atoms with Gasteiger partial charge in [0.2, 0.25) is 21.8 Å². The zero-order chi connectivity index (χ0) is 29.6. The van der Waals surface area contributed by atoms with E-state index in [1.54, 1.807) is 43.3 Å². The van der Waals surface area contributed by atoms with Gasteiger partial charge in [0.05, 0.1) is 11.9 Å². The van der Waals surface area contributed by atoms with Crippen molar-refractivity contribution in [2.75, 3.05) is 17.1 Å². The van der Waals surface area contributed by atoms with Gasteiger partial charge in [0.15, 0.2) is 0 Å². The Bertz CT molecular complexity index is 1460. The second-order valence-electron chi connectivity index (χ2n) is 10.5. The third-order valence-corrected chi connectivity index (χ3v) is 8.97. The number of nitrogens with one attached hydrogen (secondary N) is 1. The van der Waals surface area contributed by atoms with Crippen LogP contribution in [0.5, 0.6) is 0 Å². The van der Waals surface area contributed by atoms with Gasteiger partial charge in [-0.05, 0) is 60.7 Å². The molecule has 0 bridgehead atoms. The third kappa shape index (κ3) is 8.47. The first kappa shape index (κ1) is 30.9. The van der Waals surface area contributed by atoms with Gasteiger partial charge in [-0.3, -0.25) is 13.9 Å². The topological polar surface area (TPSA) is 86.8 Å². The summed E-state index contributed by atoms with van der Waals surface area (Å²) in [4.78, 5) is 29.5. The van der Waals surface area contributed by atoms with E-state index in [1.165, 1.54) is 11.0 Å². The van der Waals surface area contributed by atoms with Crippen molar-refractivity contribution in [3.63, 3.8) is 0 Å². The lowest BCUT2D eigenvalue weighted by molar-refractivity contribution is -0.140. The van der Waals surface area contributed by atoms with Gasteiger partial charge >= 0.3 is 0 Å². The molecule has 1 fully saturated rings. The number of carbonyl (C=O) groups is 2. The summed E-state index contributed by atoms with van der Waals surface area (Å²) in [5, 5.41) is 4.06. The van der Waals surface area contributed by atoms with E-state index in [0.717, 1.165) is 47.4 Å². The molecule has 0 radical (unpaired) electrons. The molecule has 7 nitrogen and oxygen atoms in total. The van der Waals surface area contributed by atoms with E-state index in [-0.39, 0.29) is 24.9 Å². The summed E-state index contributed by atoms with van der Waals surface area (Å²) in [6.07, 6.45) is 5.20. The lowest BCUT2D eigenvalue weighted by atomic mass is 10.0. The number of nitrogens with zero attached hydrogens (tertiary/aromatic N) is 2. The van der Waals surface area contributed by atoms with Crippen LogP contribution in [-0.4, -0.2) is 50.0 Å². The number of benzene rings is 3. The van der Waals surface area contributed by atoms with Gasteiger partial charge < -0.3 is 10.2 Å². The summed E-state index contributed by atoms with van der Waals surface area (Å²) in [5.41, 5.74) is 2.62. The van der Waals surface area contributed by atoms with Crippen LogP contribution in [0.4, 0.5) is 5.69 Å². The molecule has 1 saturated carbocycles. The molecule has 1 atom stereocenters. The molecular weight excluding hydrogens is 581 g/mol. The summed E-state index contributed by atoms with van der Waals surface area (Å²) in [5.74, 6) is -0.764. The maximum absolute atomic E-state index is 14.2. The Morgan fingerprint density at radius 2 is 1.56 bits per heavy atom. The molecule has 1 N–H and O–H groups in total. The molecule has 0 aromatic heterocycles. The van der Waals surface area contributed by atoms with Crippen molar-refractivity contribution < 1.29 is 18.0 Å². The van der Waals surface area contributed by atoms with Crippen molar-refractivity contribution in [1.29, 1.82) is 0 Å². The van der Waals surface area contributed by atoms with Gasteiger partial charge in [-0.15, -0.1) is 0 Å². The van der Waals surface area contributed by atoms with Crippen molar-refractivity contribution in [1.82, 2.24) is 10.2 Å². The first-order valence-corrected chi connectivity index (χ1v) is 16.2. The second-order valence-corrected chi connectivity index (χ2v) is 13.3. The minimum atomic E-state index is -3.88. The molecular formula is C31H35Cl2N3O4S. The normalized spacial score (nSPS) is 14.4. The molecule has 1 aliphatic rings. The molecule has 3 aromatic carbocycles. The lowest BCUT2D eigenvalue weighted by Crippen LogP contribution is -2.54. The second kappa shape index (κ2) is 13.7. The number of hydrogen-bond acceptors (Lipinski definition) is 4. The molecule has 1 unspecified atom stereocenters. The first-order valence-electron chi connectivity index (χ1n) is 13.6. The highest BCUT2D eigenvalue weighted by Gasteiger charge is 2.34. The Morgan fingerprint density at radius 1 is 0.927 bits per heavy atom. The molecule has 10 heteroatoms. The van der Waals surface area contributed by atoms with E-state index < -0.39 is 28.5 Å². The summed E-state index contributed by atoms with van der Waals surface area (Å²) in [7, 11) is -3.88. The zero-order valence-corrected chi connectivity index (χ0v) is 25.6. The molecule has 0 saturated heterocycles. The molecule has 4 rings (SSSR count). The number of amides is 2. The summed E-state index contributed by atoms with van der Waals surface area (Å²) in [6.45, 7) is 1.36. The van der Waals surface area contributed by atoms with E-state index in [4.69, 9.17) is 23.2 Å². The maximum Gasteiger partial charge on any atom is 0.244 e. The molecule has 0 heterocycles. The predicted octanol–water partition coefficient (Wildman–Crippen LogP) is 5.77. The molecule has 2 amide bonds. The number of rotatable bonds is 11. The van der Waals surface area contributed by atoms with Crippen molar-refractivity contribution in [3.8, 4) is 0 Å². The predicted molar refractivity (Wildman–Crippen MR) is 165 cm³/mol. The Kier molecular flexibility index (Phi) is 10.3. The van der Waals surface area contributed by atoms with E-state index in [9.17, 15) is 18.0 Å². The summed E-state index contributed by atoms with van der Waals surface area (Å²) < 4.78 is 27.0. The number of anilines is 1. The van der Waals surface area contributed by atoms with Gasteiger partial charge in [0.25, 0.3) is 0 Å². The average Bonchev–Trinajstić information content (AvgIpc) is 3.44. The molecule has 1 aliphatic carbocycles. The van der Waals surface area contributed by atoms with E-state index in [0.29, 0.717) is 21.3 Å². The highest BCUT2D eigenvalue weighted by atomic mass is 35.5. The van der Waals surface area contributed by atoms with Gasteiger partial charge in [-0.25, -0.2) is 8.42 Å². The Balaban J connectivity index is 1.74. The number of hydrogen-bond donors (Lipinski definition) is 1. The van der Waals surface area contributed by atoms with Crippen molar-refractivity contribution in [3.05, 3.63) is 99.5 Å². The van der Waals surface area contributed by atoms with Gasteiger partial charge in [0.1, 0.15) is 12.6 Å². The smallest absolute Gasteiger partial charge is 0.244 e. The van der Waals surface area contributed by atoms with Crippen LogP contribution in [0.1, 0.15) is 42.4 Å². The van der Waals surface area contributed by atoms with Crippen LogP contribution in [0.3, 0.4) is 0 Å². The number of aryl methyl sites for hydroxylation is 1. The quantitative estimate of drug-likeness (QED) is 0.297. The fourth-order valence-corrected chi connectivity index (χ4v) is 6.35. The van der Waals surface area contributed by atoms with E-state index >= 15 is 0 Å². The average molecular weight is 617 g/mol.